The molecule has 2 aromatic carbocycles. The van der Waals surface area contributed by atoms with Gasteiger partial charge in [0.15, 0.2) is 9.84 Å². The molecule has 5 nitrogen and oxygen atoms in total. The normalized spacial score (nSPS) is 13.0. The summed E-state index contributed by atoms with van der Waals surface area (Å²) >= 11 is 0. The van der Waals surface area contributed by atoms with Crippen LogP contribution in [0, 0.1) is 0 Å². The summed E-state index contributed by atoms with van der Waals surface area (Å²) in [6.07, 6.45) is 0. The zero-order valence-electron chi connectivity index (χ0n) is 12.6. The summed E-state index contributed by atoms with van der Waals surface area (Å²) in [4.78, 5) is 12.1. The van der Waals surface area contributed by atoms with Gasteiger partial charge in [0, 0.05) is 13.7 Å². The largest absolute Gasteiger partial charge is 0.383 e. The molecule has 1 N–H and O–H groups in total. The summed E-state index contributed by atoms with van der Waals surface area (Å²) in [6, 6.07) is 12.4. The van der Waals surface area contributed by atoms with E-state index < -0.39 is 21.0 Å². The Bertz CT molecular complexity index is 771. The number of hydrogen-bond acceptors (Lipinski definition) is 4. The average Bonchev–Trinajstić information content (AvgIpc) is 2.53. The monoisotopic (exact) mass is 321 g/mol. The highest BCUT2D eigenvalue weighted by molar-refractivity contribution is 7.92. The SMILES string of the molecule is COCCNC(=O)C(C)S(=O)(=O)c1ccc2ccccc2c1. The maximum absolute atomic E-state index is 12.6. The van der Waals surface area contributed by atoms with E-state index in [1.807, 2.05) is 24.3 Å². The van der Waals surface area contributed by atoms with E-state index in [1.54, 1.807) is 12.1 Å². The first kappa shape index (κ1) is 16.5. The van der Waals surface area contributed by atoms with Gasteiger partial charge in [-0.2, -0.15) is 0 Å². The van der Waals surface area contributed by atoms with Crippen LogP contribution in [0.5, 0.6) is 0 Å². The zero-order chi connectivity index (χ0) is 16.2. The summed E-state index contributed by atoms with van der Waals surface area (Å²) in [7, 11) is -2.20. The highest BCUT2D eigenvalue weighted by Crippen LogP contribution is 2.22. The second-order valence-corrected chi connectivity index (χ2v) is 7.25. The van der Waals surface area contributed by atoms with Crippen molar-refractivity contribution in [1.29, 1.82) is 0 Å². The second kappa shape index (κ2) is 6.89. The van der Waals surface area contributed by atoms with E-state index in [-0.39, 0.29) is 11.4 Å². The second-order valence-electron chi connectivity index (χ2n) is 4.98. The molecular formula is C16H19NO4S. The van der Waals surface area contributed by atoms with E-state index in [4.69, 9.17) is 4.74 Å². The minimum atomic E-state index is -3.72. The standard InChI is InChI=1S/C16H19NO4S/c1-12(16(18)17-9-10-21-2)22(19,20)15-8-7-13-5-3-4-6-14(13)11-15/h3-8,11-12H,9-10H2,1-2H3,(H,17,18). The Hall–Kier alpha value is -1.92. The number of benzene rings is 2. The smallest absolute Gasteiger partial charge is 0.238 e. The third kappa shape index (κ3) is 3.45. The van der Waals surface area contributed by atoms with Crippen molar-refractivity contribution in [2.45, 2.75) is 17.1 Å². The number of fused-ring (bicyclic) bond motifs is 1. The van der Waals surface area contributed by atoms with Crippen LogP contribution < -0.4 is 5.32 Å². The van der Waals surface area contributed by atoms with Gasteiger partial charge in [-0.15, -0.1) is 0 Å². The molecule has 0 bridgehead atoms. The van der Waals surface area contributed by atoms with Gasteiger partial charge in [-0.25, -0.2) is 8.42 Å². The fourth-order valence-corrected chi connectivity index (χ4v) is 3.43. The number of methoxy groups -OCH3 is 1. The molecule has 0 aliphatic carbocycles. The molecule has 1 amide bonds. The molecule has 1 unspecified atom stereocenters. The van der Waals surface area contributed by atoms with Gasteiger partial charge in [0.05, 0.1) is 11.5 Å². The third-order valence-electron chi connectivity index (χ3n) is 3.49. The summed E-state index contributed by atoms with van der Waals surface area (Å²) < 4.78 is 29.9. The predicted molar refractivity (Wildman–Crippen MR) is 85.5 cm³/mol. The van der Waals surface area contributed by atoms with Gasteiger partial charge in [-0.1, -0.05) is 30.3 Å². The van der Waals surface area contributed by atoms with E-state index in [9.17, 15) is 13.2 Å². The predicted octanol–water partition coefficient (Wildman–Crippen LogP) is 1.76. The van der Waals surface area contributed by atoms with Crippen molar-refractivity contribution in [3.63, 3.8) is 0 Å². The number of nitrogens with one attached hydrogen (secondary N) is 1. The Balaban J connectivity index is 2.25. The number of ether oxygens (including phenoxy) is 1. The first-order chi connectivity index (χ1) is 10.5. The Morgan fingerprint density at radius 3 is 2.55 bits per heavy atom. The molecule has 6 heteroatoms. The molecule has 0 spiro atoms. The van der Waals surface area contributed by atoms with Crippen LogP contribution in [0.3, 0.4) is 0 Å². The number of amides is 1. The van der Waals surface area contributed by atoms with E-state index in [1.165, 1.54) is 20.1 Å². The number of hydrogen-bond donors (Lipinski definition) is 1. The van der Waals surface area contributed by atoms with Gasteiger partial charge < -0.3 is 10.1 Å². The fraction of sp³-hybridized carbons (Fsp3) is 0.312. The van der Waals surface area contributed by atoms with Crippen LogP contribution >= 0.6 is 0 Å². The Morgan fingerprint density at radius 2 is 1.86 bits per heavy atom. The molecule has 0 heterocycles. The van der Waals surface area contributed by atoms with E-state index in [2.05, 4.69) is 5.32 Å². The lowest BCUT2D eigenvalue weighted by molar-refractivity contribution is -0.120. The van der Waals surface area contributed by atoms with Crippen LogP contribution in [0.1, 0.15) is 6.92 Å². The quantitative estimate of drug-likeness (QED) is 0.823. The highest BCUT2D eigenvalue weighted by atomic mass is 32.2. The molecule has 0 aromatic heterocycles. The van der Waals surface area contributed by atoms with Crippen LogP contribution in [-0.2, 0) is 19.4 Å². The first-order valence-corrected chi connectivity index (χ1v) is 8.51. The maximum Gasteiger partial charge on any atom is 0.238 e. The third-order valence-corrected chi connectivity index (χ3v) is 5.55. The van der Waals surface area contributed by atoms with Crippen LogP contribution in [0.15, 0.2) is 47.4 Å². The van der Waals surface area contributed by atoms with Crippen molar-refractivity contribution in [1.82, 2.24) is 5.32 Å². The number of carbonyl (C=O) groups is 1. The number of sulfone groups is 1. The molecule has 2 rings (SSSR count). The Morgan fingerprint density at radius 1 is 1.18 bits per heavy atom. The van der Waals surface area contributed by atoms with Crippen LogP contribution in [0.25, 0.3) is 10.8 Å². The lowest BCUT2D eigenvalue weighted by Gasteiger charge is -2.13. The Labute approximate surface area is 130 Å². The molecule has 0 saturated carbocycles. The molecular weight excluding hydrogens is 302 g/mol. The van der Waals surface area contributed by atoms with E-state index in [0.29, 0.717) is 6.61 Å². The molecule has 0 fully saturated rings. The number of rotatable bonds is 6. The molecule has 0 aliphatic rings. The first-order valence-electron chi connectivity index (χ1n) is 6.96. The molecule has 22 heavy (non-hydrogen) atoms. The van der Waals surface area contributed by atoms with Crippen molar-refractivity contribution < 1.29 is 17.9 Å². The maximum atomic E-state index is 12.6. The van der Waals surface area contributed by atoms with Gasteiger partial charge in [-0.3, -0.25) is 4.79 Å². The van der Waals surface area contributed by atoms with Crippen molar-refractivity contribution in [3.05, 3.63) is 42.5 Å². The fourth-order valence-electron chi connectivity index (χ4n) is 2.11. The Kier molecular flexibility index (Phi) is 5.15. The minimum absolute atomic E-state index is 0.153. The van der Waals surface area contributed by atoms with Crippen molar-refractivity contribution in [3.8, 4) is 0 Å². The van der Waals surface area contributed by atoms with Crippen LogP contribution in [0.4, 0.5) is 0 Å². The molecule has 118 valence electrons. The van der Waals surface area contributed by atoms with Gasteiger partial charge in [0.2, 0.25) is 5.91 Å². The van der Waals surface area contributed by atoms with Crippen molar-refractivity contribution in [2.24, 2.45) is 0 Å². The van der Waals surface area contributed by atoms with Gasteiger partial charge in [0.25, 0.3) is 0 Å². The minimum Gasteiger partial charge on any atom is -0.383 e. The summed E-state index contributed by atoms with van der Waals surface area (Å²) in [5, 5.41) is 3.19. The summed E-state index contributed by atoms with van der Waals surface area (Å²) in [6.45, 7) is 2.02. The molecule has 0 radical (unpaired) electrons. The van der Waals surface area contributed by atoms with E-state index >= 15 is 0 Å². The molecule has 0 aliphatic heterocycles. The van der Waals surface area contributed by atoms with Crippen LogP contribution in [0.2, 0.25) is 0 Å². The highest BCUT2D eigenvalue weighted by Gasteiger charge is 2.29. The summed E-state index contributed by atoms with van der Waals surface area (Å²) in [5.41, 5.74) is 0. The average molecular weight is 321 g/mol. The number of carbonyl (C=O) groups excluding carboxylic acids is 1. The van der Waals surface area contributed by atoms with Crippen molar-refractivity contribution in [2.75, 3.05) is 20.3 Å². The van der Waals surface area contributed by atoms with E-state index in [0.717, 1.165) is 10.8 Å². The molecule has 2 aromatic rings. The molecule has 0 saturated heterocycles. The van der Waals surface area contributed by atoms with Gasteiger partial charge >= 0.3 is 0 Å². The summed E-state index contributed by atoms with van der Waals surface area (Å²) in [5.74, 6) is -0.523. The zero-order valence-corrected chi connectivity index (χ0v) is 13.4. The van der Waals surface area contributed by atoms with Crippen molar-refractivity contribution >= 4 is 26.5 Å². The lowest BCUT2D eigenvalue weighted by atomic mass is 10.1. The van der Waals surface area contributed by atoms with Gasteiger partial charge in [-0.05, 0) is 29.8 Å². The van der Waals surface area contributed by atoms with Crippen LogP contribution in [-0.4, -0.2) is 39.8 Å². The molecule has 1 atom stereocenters. The topological polar surface area (TPSA) is 72.5 Å². The van der Waals surface area contributed by atoms with Gasteiger partial charge in [0.1, 0.15) is 5.25 Å². The lowest BCUT2D eigenvalue weighted by Crippen LogP contribution is -2.39.